The summed E-state index contributed by atoms with van der Waals surface area (Å²) in [5.74, 6) is -0.217. The lowest BCUT2D eigenvalue weighted by atomic mass is 10.1. The van der Waals surface area contributed by atoms with E-state index in [9.17, 15) is 9.90 Å². The highest BCUT2D eigenvalue weighted by molar-refractivity contribution is 5.92. The van der Waals surface area contributed by atoms with Crippen molar-refractivity contribution in [1.29, 1.82) is 0 Å². The van der Waals surface area contributed by atoms with Crippen LogP contribution in [0.15, 0.2) is 47.3 Å². The van der Waals surface area contributed by atoms with E-state index in [0.29, 0.717) is 36.1 Å². The first kappa shape index (κ1) is 17.4. The molecule has 8 heteroatoms. The Morgan fingerprint density at radius 1 is 1.31 bits per heavy atom. The molecule has 0 fully saturated rings. The van der Waals surface area contributed by atoms with Gasteiger partial charge in [-0.05, 0) is 31.2 Å². The van der Waals surface area contributed by atoms with Crippen LogP contribution in [0.25, 0.3) is 11.3 Å². The van der Waals surface area contributed by atoms with E-state index in [-0.39, 0.29) is 5.56 Å². The Morgan fingerprint density at radius 3 is 2.85 bits per heavy atom. The number of aromatic carboxylic acids is 1. The number of hydrogen-bond acceptors (Lipinski definition) is 7. The van der Waals surface area contributed by atoms with Crippen molar-refractivity contribution in [3.05, 3.63) is 54.0 Å². The van der Waals surface area contributed by atoms with Crippen LogP contribution in [0.5, 0.6) is 5.75 Å². The van der Waals surface area contributed by atoms with Crippen molar-refractivity contribution in [3.63, 3.8) is 0 Å². The number of carboxylic acids is 1. The van der Waals surface area contributed by atoms with Crippen molar-refractivity contribution < 1.29 is 19.2 Å². The maximum absolute atomic E-state index is 11.5. The number of hydrogen-bond donors (Lipinski definition) is 1. The predicted molar refractivity (Wildman–Crippen MR) is 94.2 cm³/mol. The van der Waals surface area contributed by atoms with Crippen molar-refractivity contribution in [2.24, 2.45) is 0 Å². The number of aromatic nitrogens is 3. The highest BCUT2D eigenvalue weighted by Gasteiger charge is 2.14. The van der Waals surface area contributed by atoms with Gasteiger partial charge in [-0.2, -0.15) is 0 Å². The molecule has 0 atom stereocenters. The molecule has 0 saturated heterocycles. The minimum atomic E-state index is -1.05. The molecule has 1 N–H and O–H groups in total. The fourth-order valence-corrected chi connectivity index (χ4v) is 2.46. The van der Waals surface area contributed by atoms with Crippen molar-refractivity contribution in [2.75, 3.05) is 18.6 Å². The molecule has 0 amide bonds. The monoisotopic (exact) mass is 354 g/mol. The zero-order chi connectivity index (χ0) is 18.5. The lowest BCUT2D eigenvalue weighted by Crippen LogP contribution is -2.19. The zero-order valence-electron chi connectivity index (χ0n) is 14.4. The fourth-order valence-electron chi connectivity index (χ4n) is 2.46. The van der Waals surface area contributed by atoms with Gasteiger partial charge in [-0.1, -0.05) is 5.16 Å². The van der Waals surface area contributed by atoms with Crippen LogP contribution in [0.1, 0.15) is 23.0 Å². The molecule has 0 radical (unpaired) electrons. The van der Waals surface area contributed by atoms with E-state index in [2.05, 4.69) is 15.1 Å². The average molecular weight is 354 g/mol. The third-order valence-corrected chi connectivity index (χ3v) is 3.68. The van der Waals surface area contributed by atoms with Gasteiger partial charge in [0.2, 0.25) is 5.95 Å². The van der Waals surface area contributed by atoms with E-state index in [1.54, 1.807) is 43.5 Å². The normalized spacial score (nSPS) is 10.5. The number of anilines is 1. The molecule has 0 unspecified atom stereocenters. The van der Waals surface area contributed by atoms with Gasteiger partial charge in [0.1, 0.15) is 23.3 Å². The summed E-state index contributed by atoms with van der Waals surface area (Å²) in [6.07, 6.45) is 3.14. The molecule has 3 rings (SSSR count). The maximum Gasteiger partial charge on any atom is 0.339 e. The molecule has 26 heavy (non-hydrogen) atoms. The molecule has 8 nitrogen and oxygen atoms in total. The van der Waals surface area contributed by atoms with Crippen LogP contribution in [-0.4, -0.2) is 39.9 Å². The van der Waals surface area contributed by atoms with Gasteiger partial charge in [0.25, 0.3) is 0 Å². The van der Waals surface area contributed by atoms with Crippen molar-refractivity contribution in [2.45, 2.75) is 13.5 Å². The summed E-state index contributed by atoms with van der Waals surface area (Å²) >= 11 is 0. The first-order valence-corrected chi connectivity index (χ1v) is 8.02. The molecule has 0 spiro atoms. The molecule has 0 aliphatic rings. The summed E-state index contributed by atoms with van der Waals surface area (Å²) in [5.41, 5.74) is 2.15. The molecular weight excluding hydrogens is 336 g/mol. The lowest BCUT2D eigenvalue weighted by molar-refractivity contribution is 0.0692. The van der Waals surface area contributed by atoms with Crippen molar-refractivity contribution >= 4 is 11.9 Å². The number of ether oxygens (including phenoxy) is 1. The third-order valence-electron chi connectivity index (χ3n) is 3.68. The molecule has 0 saturated carbocycles. The van der Waals surface area contributed by atoms with E-state index >= 15 is 0 Å². The van der Waals surface area contributed by atoms with Crippen LogP contribution < -0.4 is 9.64 Å². The Balaban J connectivity index is 1.90. The molecule has 0 aliphatic carbocycles. The van der Waals surface area contributed by atoms with E-state index in [0.717, 1.165) is 5.69 Å². The molecule has 2 heterocycles. The number of benzene rings is 1. The minimum absolute atomic E-state index is 0.0977. The SMILES string of the molecule is CCOc1ccc(-c2ccnc(N(C)Cc3ccon3)n2)cc1C(=O)O. The highest BCUT2D eigenvalue weighted by atomic mass is 16.5. The van der Waals surface area contributed by atoms with Crippen LogP contribution in [0.2, 0.25) is 0 Å². The third kappa shape index (κ3) is 3.80. The number of rotatable bonds is 7. The first-order chi connectivity index (χ1) is 12.6. The van der Waals surface area contributed by atoms with Gasteiger partial charge in [0.15, 0.2) is 0 Å². The van der Waals surface area contributed by atoms with E-state index in [1.807, 2.05) is 11.9 Å². The van der Waals surface area contributed by atoms with Crippen molar-refractivity contribution in [1.82, 2.24) is 15.1 Å². The summed E-state index contributed by atoms with van der Waals surface area (Å²) in [5, 5.41) is 13.3. The van der Waals surface area contributed by atoms with Crippen LogP contribution in [0.3, 0.4) is 0 Å². The van der Waals surface area contributed by atoms with Crippen LogP contribution >= 0.6 is 0 Å². The second-order valence-corrected chi connectivity index (χ2v) is 5.54. The second-order valence-electron chi connectivity index (χ2n) is 5.54. The predicted octanol–water partition coefficient (Wildman–Crippen LogP) is 2.86. The largest absolute Gasteiger partial charge is 0.493 e. The van der Waals surface area contributed by atoms with Gasteiger partial charge in [0.05, 0.1) is 18.8 Å². The Hall–Kier alpha value is -3.42. The molecule has 134 valence electrons. The summed E-state index contributed by atoms with van der Waals surface area (Å²) < 4.78 is 10.2. The maximum atomic E-state index is 11.5. The Labute approximate surface area is 150 Å². The van der Waals surface area contributed by atoms with Crippen LogP contribution in [-0.2, 0) is 6.54 Å². The summed E-state index contributed by atoms with van der Waals surface area (Å²) in [7, 11) is 1.84. The molecule has 0 aliphatic heterocycles. The lowest BCUT2D eigenvalue weighted by Gasteiger charge is -2.16. The number of carboxylic acid groups (broad SMARTS) is 1. The topological polar surface area (TPSA) is 102 Å². The van der Waals surface area contributed by atoms with Gasteiger partial charge < -0.3 is 19.3 Å². The standard InChI is InChI=1S/C18H18N4O4/c1-3-25-16-5-4-12(10-14(16)17(23)24)15-6-8-19-18(20-15)22(2)11-13-7-9-26-21-13/h4-10H,3,11H2,1-2H3,(H,23,24). The van der Waals surface area contributed by atoms with E-state index in [1.165, 1.54) is 6.26 Å². The molecule has 0 bridgehead atoms. The smallest absolute Gasteiger partial charge is 0.339 e. The second kappa shape index (κ2) is 7.64. The average Bonchev–Trinajstić information content (AvgIpc) is 3.15. The van der Waals surface area contributed by atoms with Gasteiger partial charge >= 0.3 is 5.97 Å². The Kier molecular flexibility index (Phi) is 5.12. The van der Waals surface area contributed by atoms with Gasteiger partial charge in [-0.15, -0.1) is 0 Å². The molecule has 2 aromatic heterocycles. The van der Waals surface area contributed by atoms with Crippen molar-refractivity contribution in [3.8, 4) is 17.0 Å². The van der Waals surface area contributed by atoms with E-state index < -0.39 is 5.97 Å². The molecule has 1 aromatic carbocycles. The van der Waals surface area contributed by atoms with E-state index in [4.69, 9.17) is 9.26 Å². The van der Waals surface area contributed by atoms with Crippen LogP contribution in [0.4, 0.5) is 5.95 Å². The first-order valence-electron chi connectivity index (χ1n) is 8.02. The number of nitrogens with zero attached hydrogens (tertiary/aromatic N) is 4. The highest BCUT2D eigenvalue weighted by Crippen LogP contribution is 2.26. The van der Waals surface area contributed by atoms with Crippen LogP contribution in [0, 0.1) is 0 Å². The minimum Gasteiger partial charge on any atom is -0.493 e. The summed E-state index contributed by atoms with van der Waals surface area (Å²) in [4.78, 5) is 22.1. The van der Waals surface area contributed by atoms with Gasteiger partial charge in [-0.3, -0.25) is 0 Å². The molecular formula is C18H18N4O4. The quantitative estimate of drug-likeness (QED) is 0.691. The van der Waals surface area contributed by atoms with Gasteiger partial charge in [-0.25, -0.2) is 14.8 Å². The summed E-state index contributed by atoms with van der Waals surface area (Å²) in [6.45, 7) is 2.69. The Morgan fingerprint density at radius 2 is 2.15 bits per heavy atom. The zero-order valence-corrected chi connectivity index (χ0v) is 14.4. The number of carbonyl (C=O) groups is 1. The summed E-state index contributed by atoms with van der Waals surface area (Å²) in [6, 6.07) is 8.47. The Bertz CT molecular complexity index is 896. The van der Waals surface area contributed by atoms with Gasteiger partial charge in [0, 0.05) is 24.9 Å². The molecule has 3 aromatic rings. The fraction of sp³-hybridized carbons (Fsp3) is 0.222.